The number of ether oxygens (including phenoxy) is 2. The summed E-state index contributed by atoms with van der Waals surface area (Å²) in [5.74, 6) is -0.704. The van der Waals surface area contributed by atoms with E-state index in [1.807, 2.05) is 0 Å². The second-order valence-corrected chi connectivity index (χ2v) is 3.82. The SMILES string of the molecule is COCCOCCNC(=O)c1cc(F)ccc1C. The van der Waals surface area contributed by atoms with Crippen molar-refractivity contribution in [2.45, 2.75) is 6.92 Å². The Morgan fingerprint density at radius 2 is 2.11 bits per heavy atom. The van der Waals surface area contributed by atoms with Gasteiger partial charge in [-0.15, -0.1) is 0 Å². The Bertz CT molecular complexity index is 396. The number of hydrogen-bond donors (Lipinski definition) is 1. The molecule has 0 saturated carbocycles. The Balaban J connectivity index is 2.34. The second-order valence-electron chi connectivity index (χ2n) is 3.82. The zero-order valence-corrected chi connectivity index (χ0v) is 10.7. The summed E-state index contributed by atoms with van der Waals surface area (Å²) in [5.41, 5.74) is 1.10. The van der Waals surface area contributed by atoms with Gasteiger partial charge in [0.1, 0.15) is 5.82 Å². The highest BCUT2D eigenvalue weighted by Gasteiger charge is 2.09. The molecule has 0 radical (unpaired) electrons. The number of aryl methyl sites for hydroxylation is 1. The lowest BCUT2D eigenvalue weighted by Crippen LogP contribution is -2.28. The lowest BCUT2D eigenvalue weighted by atomic mass is 10.1. The molecule has 0 atom stereocenters. The van der Waals surface area contributed by atoms with E-state index in [9.17, 15) is 9.18 Å². The number of halogens is 1. The molecule has 0 bridgehead atoms. The standard InChI is InChI=1S/C13H18FNO3/c1-10-3-4-11(14)9-12(10)13(16)15-5-6-18-8-7-17-2/h3-4,9H,5-8H2,1-2H3,(H,15,16). The van der Waals surface area contributed by atoms with Crippen LogP contribution in [0.1, 0.15) is 15.9 Å². The number of benzene rings is 1. The molecule has 100 valence electrons. The topological polar surface area (TPSA) is 47.6 Å². The summed E-state index contributed by atoms with van der Waals surface area (Å²) in [6.07, 6.45) is 0. The predicted octanol–water partition coefficient (Wildman–Crippen LogP) is 1.53. The molecule has 0 heterocycles. The zero-order chi connectivity index (χ0) is 13.4. The number of nitrogens with one attached hydrogen (secondary N) is 1. The van der Waals surface area contributed by atoms with Crippen LogP contribution in [-0.2, 0) is 9.47 Å². The highest BCUT2D eigenvalue weighted by molar-refractivity contribution is 5.95. The molecule has 0 fully saturated rings. The van der Waals surface area contributed by atoms with Crippen LogP contribution in [0.4, 0.5) is 4.39 Å². The van der Waals surface area contributed by atoms with Gasteiger partial charge >= 0.3 is 0 Å². The molecule has 0 aliphatic carbocycles. The minimum absolute atomic E-state index is 0.289. The minimum atomic E-state index is -0.415. The van der Waals surface area contributed by atoms with Gasteiger partial charge in [0.2, 0.25) is 0 Å². The third-order valence-electron chi connectivity index (χ3n) is 2.41. The van der Waals surface area contributed by atoms with Gasteiger partial charge in [0, 0.05) is 19.2 Å². The molecule has 0 unspecified atom stereocenters. The van der Waals surface area contributed by atoms with Crippen LogP contribution in [0, 0.1) is 12.7 Å². The summed E-state index contributed by atoms with van der Waals surface area (Å²) >= 11 is 0. The van der Waals surface area contributed by atoms with E-state index in [1.165, 1.54) is 12.1 Å². The van der Waals surface area contributed by atoms with Crippen LogP contribution >= 0.6 is 0 Å². The smallest absolute Gasteiger partial charge is 0.251 e. The van der Waals surface area contributed by atoms with Gasteiger partial charge in [0.15, 0.2) is 0 Å². The van der Waals surface area contributed by atoms with Crippen molar-refractivity contribution in [3.8, 4) is 0 Å². The lowest BCUT2D eigenvalue weighted by Gasteiger charge is -2.08. The average molecular weight is 255 g/mol. The van der Waals surface area contributed by atoms with Crippen molar-refractivity contribution in [1.29, 1.82) is 0 Å². The largest absolute Gasteiger partial charge is 0.382 e. The van der Waals surface area contributed by atoms with Gasteiger partial charge in [-0.3, -0.25) is 4.79 Å². The molecule has 5 heteroatoms. The fraction of sp³-hybridized carbons (Fsp3) is 0.462. The van der Waals surface area contributed by atoms with E-state index < -0.39 is 5.82 Å². The fourth-order valence-corrected chi connectivity index (χ4v) is 1.42. The monoisotopic (exact) mass is 255 g/mol. The van der Waals surface area contributed by atoms with E-state index in [2.05, 4.69) is 5.32 Å². The maximum Gasteiger partial charge on any atom is 0.251 e. The molecular weight excluding hydrogens is 237 g/mol. The van der Waals surface area contributed by atoms with Crippen molar-refractivity contribution >= 4 is 5.91 Å². The summed E-state index contributed by atoms with van der Waals surface area (Å²) in [6.45, 7) is 3.58. The number of carbonyl (C=O) groups excluding carboxylic acids is 1. The van der Waals surface area contributed by atoms with Crippen LogP contribution in [0.15, 0.2) is 18.2 Å². The van der Waals surface area contributed by atoms with E-state index >= 15 is 0 Å². The minimum Gasteiger partial charge on any atom is -0.382 e. The first-order chi connectivity index (χ1) is 8.65. The van der Waals surface area contributed by atoms with E-state index in [0.29, 0.717) is 31.9 Å². The van der Waals surface area contributed by atoms with Gasteiger partial charge in [-0.05, 0) is 24.6 Å². The summed E-state index contributed by atoms with van der Waals surface area (Å²) < 4.78 is 23.0. The van der Waals surface area contributed by atoms with Crippen LogP contribution < -0.4 is 5.32 Å². The fourth-order valence-electron chi connectivity index (χ4n) is 1.42. The van der Waals surface area contributed by atoms with Gasteiger partial charge < -0.3 is 14.8 Å². The van der Waals surface area contributed by atoms with Crippen molar-refractivity contribution in [2.24, 2.45) is 0 Å². The molecule has 0 aliphatic rings. The maximum absolute atomic E-state index is 13.0. The molecule has 1 aromatic rings. The Kier molecular flexibility index (Phi) is 6.32. The van der Waals surface area contributed by atoms with Gasteiger partial charge in [0.25, 0.3) is 5.91 Å². The van der Waals surface area contributed by atoms with Crippen molar-refractivity contribution in [1.82, 2.24) is 5.32 Å². The third kappa shape index (κ3) is 4.81. The Hall–Kier alpha value is -1.46. The summed E-state index contributed by atoms with van der Waals surface area (Å²) in [5, 5.41) is 2.67. The average Bonchev–Trinajstić information content (AvgIpc) is 2.36. The summed E-state index contributed by atoms with van der Waals surface area (Å²) in [7, 11) is 1.60. The van der Waals surface area contributed by atoms with E-state index in [1.54, 1.807) is 20.1 Å². The summed E-state index contributed by atoms with van der Waals surface area (Å²) in [4.78, 5) is 11.7. The van der Waals surface area contributed by atoms with Gasteiger partial charge in [-0.2, -0.15) is 0 Å². The first kappa shape index (κ1) is 14.6. The van der Waals surface area contributed by atoms with E-state index in [-0.39, 0.29) is 5.91 Å². The highest BCUT2D eigenvalue weighted by atomic mass is 19.1. The van der Waals surface area contributed by atoms with Crippen molar-refractivity contribution in [3.63, 3.8) is 0 Å². The number of carbonyl (C=O) groups is 1. The molecule has 0 saturated heterocycles. The maximum atomic E-state index is 13.0. The molecule has 4 nitrogen and oxygen atoms in total. The predicted molar refractivity (Wildman–Crippen MR) is 66.2 cm³/mol. The van der Waals surface area contributed by atoms with Gasteiger partial charge in [-0.1, -0.05) is 6.07 Å². The first-order valence-corrected chi connectivity index (χ1v) is 5.76. The van der Waals surface area contributed by atoms with Crippen molar-refractivity contribution in [3.05, 3.63) is 35.1 Å². The van der Waals surface area contributed by atoms with Crippen LogP contribution in [0.3, 0.4) is 0 Å². The first-order valence-electron chi connectivity index (χ1n) is 5.76. The summed E-state index contributed by atoms with van der Waals surface area (Å²) in [6, 6.07) is 4.15. The molecule has 0 aromatic heterocycles. The third-order valence-corrected chi connectivity index (χ3v) is 2.41. The molecule has 18 heavy (non-hydrogen) atoms. The number of rotatable bonds is 7. The molecular formula is C13H18FNO3. The van der Waals surface area contributed by atoms with Crippen molar-refractivity contribution < 1.29 is 18.7 Å². The van der Waals surface area contributed by atoms with Crippen LogP contribution in [0.5, 0.6) is 0 Å². The van der Waals surface area contributed by atoms with Gasteiger partial charge in [0.05, 0.1) is 19.8 Å². The molecule has 1 amide bonds. The van der Waals surface area contributed by atoms with Crippen molar-refractivity contribution in [2.75, 3.05) is 33.5 Å². The van der Waals surface area contributed by atoms with E-state index in [4.69, 9.17) is 9.47 Å². The molecule has 0 aliphatic heterocycles. The molecule has 0 spiro atoms. The Morgan fingerprint density at radius 1 is 1.33 bits per heavy atom. The Morgan fingerprint density at radius 3 is 2.83 bits per heavy atom. The van der Waals surface area contributed by atoms with Crippen LogP contribution in [0.2, 0.25) is 0 Å². The quantitative estimate of drug-likeness (QED) is 0.752. The van der Waals surface area contributed by atoms with E-state index in [0.717, 1.165) is 5.56 Å². The number of methoxy groups -OCH3 is 1. The number of hydrogen-bond acceptors (Lipinski definition) is 3. The van der Waals surface area contributed by atoms with Gasteiger partial charge in [-0.25, -0.2) is 4.39 Å². The molecule has 1 N–H and O–H groups in total. The normalized spacial score (nSPS) is 10.4. The molecule has 1 aromatic carbocycles. The Labute approximate surface area is 106 Å². The lowest BCUT2D eigenvalue weighted by molar-refractivity contribution is 0.0692. The molecule has 1 rings (SSSR count). The second kappa shape index (κ2) is 7.79. The number of amides is 1. The van der Waals surface area contributed by atoms with Crippen LogP contribution in [0.25, 0.3) is 0 Å². The zero-order valence-electron chi connectivity index (χ0n) is 10.7. The highest BCUT2D eigenvalue weighted by Crippen LogP contribution is 2.09. The van der Waals surface area contributed by atoms with Crippen LogP contribution in [-0.4, -0.2) is 39.4 Å².